The van der Waals surface area contributed by atoms with Gasteiger partial charge in [0.25, 0.3) is 0 Å². The molecule has 3 rings (SSSR count). The standard InChI is InChI=1S/C16H18N4O2/c1-3-12(21)17-15-14-11(10-7-5-4-6-8-10)9-13(22)18-16(14)20(2)19-15/h4-8,11H,3,9H2,1-2H3,(H,18,22)(H,17,19,21). The predicted octanol–water partition coefficient (Wildman–Crippen LogP) is 2.24. The van der Waals surface area contributed by atoms with Crippen molar-refractivity contribution in [1.29, 1.82) is 0 Å². The van der Waals surface area contributed by atoms with E-state index in [1.807, 2.05) is 30.3 Å². The third-order valence-electron chi connectivity index (χ3n) is 3.86. The molecule has 1 atom stereocenters. The summed E-state index contributed by atoms with van der Waals surface area (Å²) in [5.74, 6) is 0.933. The predicted molar refractivity (Wildman–Crippen MR) is 83.7 cm³/mol. The van der Waals surface area contributed by atoms with Gasteiger partial charge in [-0.15, -0.1) is 0 Å². The molecule has 0 bridgehead atoms. The number of fused-ring (bicyclic) bond motifs is 1. The zero-order chi connectivity index (χ0) is 15.7. The third kappa shape index (κ3) is 2.47. The quantitative estimate of drug-likeness (QED) is 0.912. The molecular formula is C16H18N4O2. The third-order valence-corrected chi connectivity index (χ3v) is 3.86. The zero-order valence-electron chi connectivity index (χ0n) is 12.6. The first kappa shape index (κ1) is 14.3. The van der Waals surface area contributed by atoms with Gasteiger partial charge in [-0.2, -0.15) is 5.10 Å². The van der Waals surface area contributed by atoms with Crippen molar-refractivity contribution in [1.82, 2.24) is 9.78 Å². The van der Waals surface area contributed by atoms with Gasteiger partial charge in [-0.25, -0.2) is 0 Å². The van der Waals surface area contributed by atoms with Gasteiger partial charge in [0.1, 0.15) is 5.82 Å². The van der Waals surface area contributed by atoms with Crippen LogP contribution >= 0.6 is 0 Å². The molecule has 6 nitrogen and oxygen atoms in total. The minimum absolute atomic E-state index is 0.0438. The normalized spacial score (nSPS) is 16.8. The summed E-state index contributed by atoms with van der Waals surface area (Å²) in [7, 11) is 1.76. The van der Waals surface area contributed by atoms with E-state index in [1.54, 1.807) is 18.7 Å². The molecule has 1 aromatic carbocycles. The Bertz CT molecular complexity index is 721. The van der Waals surface area contributed by atoms with Crippen LogP contribution in [0.3, 0.4) is 0 Å². The molecule has 2 N–H and O–H groups in total. The Morgan fingerprint density at radius 2 is 2.14 bits per heavy atom. The molecule has 0 saturated carbocycles. The first-order valence-corrected chi connectivity index (χ1v) is 7.31. The van der Waals surface area contributed by atoms with E-state index in [0.29, 0.717) is 24.5 Å². The molecule has 2 heterocycles. The smallest absolute Gasteiger partial charge is 0.226 e. The lowest BCUT2D eigenvalue weighted by molar-refractivity contribution is -0.117. The number of carbonyl (C=O) groups is 2. The van der Waals surface area contributed by atoms with Crippen LogP contribution in [0.2, 0.25) is 0 Å². The fourth-order valence-electron chi connectivity index (χ4n) is 2.77. The van der Waals surface area contributed by atoms with Gasteiger partial charge < -0.3 is 10.6 Å². The number of anilines is 2. The number of aryl methyl sites for hydroxylation is 1. The molecule has 0 aliphatic carbocycles. The van der Waals surface area contributed by atoms with Crippen molar-refractivity contribution in [3.05, 3.63) is 41.5 Å². The Morgan fingerprint density at radius 1 is 1.41 bits per heavy atom. The van der Waals surface area contributed by atoms with Crippen LogP contribution in [0.25, 0.3) is 0 Å². The number of hydrogen-bond acceptors (Lipinski definition) is 3. The molecule has 6 heteroatoms. The van der Waals surface area contributed by atoms with Gasteiger partial charge in [-0.05, 0) is 5.56 Å². The highest BCUT2D eigenvalue weighted by Crippen LogP contribution is 2.41. The molecule has 2 aromatic rings. The van der Waals surface area contributed by atoms with Crippen molar-refractivity contribution < 1.29 is 9.59 Å². The molecule has 114 valence electrons. The molecule has 1 aromatic heterocycles. The van der Waals surface area contributed by atoms with E-state index < -0.39 is 0 Å². The van der Waals surface area contributed by atoms with Gasteiger partial charge in [0.05, 0.1) is 0 Å². The van der Waals surface area contributed by atoms with E-state index in [9.17, 15) is 9.59 Å². The number of carbonyl (C=O) groups excluding carboxylic acids is 2. The maximum Gasteiger partial charge on any atom is 0.226 e. The second-order valence-electron chi connectivity index (χ2n) is 5.35. The summed E-state index contributed by atoms with van der Waals surface area (Å²) in [5, 5.41) is 10.0. The fourth-order valence-corrected chi connectivity index (χ4v) is 2.77. The minimum Gasteiger partial charge on any atom is -0.311 e. The van der Waals surface area contributed by atoms with Crippen molar-refractivity contribution in [3.63, 3.8) is 0 Å². The van der Waals surface area contributed by atoms with Crippen LogP contribution in [0, 0.1) is 0 Å². The highest BCUT2D eigenvalue weighted by molar-refractivity contribution is 5.98. The van der Waals surface area contributed by atoms with Gasteiger partial charge in [-0.1, -0.05) is 37.3 Å². The Morgan fingerprint density at radius 3 is 2.82 bits per heavy atom. The maximum atomic E-state index is 12.0. The van der Waals surface area contributed by atoms with Crippen molar-refractivity contribution >= 4 is 23.5 Å². The largest absolute Gasteiger partial charge is 0.311 e. The topological polar surface area (TPSA) is 76.0 Å². The lowest BCUT2D eigenvalue weighted by Gasteiger charge is -2.24. The molecule has 0 spiro atoms. The average molecular weight is 298 g/mol. The molecule has 0 radical (unpaired) electrons. The van der Waals surface area contributed by atoms with E-state index in [-0.39, 0.29) is 17.7 Å². The number of benzene rings is 1. The summed E-state index contributed by atoms with van der Waals surface area (Å²) in [6, 6.07) is 9.82. The van der Waals surface area contributed by atoms with Crippen LogP contribution < -0.4 is 10.6 Å². The molecule has 1 unspecified atom stereocenters. The van der Waals surface area contributed by atoms with Crippen LogP contribution in [0.1, 0.15) is 36.8 Å². The lowest BCUT2D eigenvalue weighted by atomic mass is 9.86. The molecule has 1 aliphatic heterocycles. The number of rotatable bonds is 3. The first-order chi connectivity index (χ1) is 10.6. The Hall–Kier alpha value is -2.63. The zero-order valence-corrected chi connectivity index (χ0v) is 12.6. The second kappa shape index (κ2) is 5.63. The lowest BCUT2D eigenvalue weighted by Crippen LogP contribution is -2.25. The first-order valence-electron chi connectivity index (χ1n) is 7.31. The summed E-state index contributed by atoms with van der Waals surface area (Å²) in [6.07, 6.45) is 0.728. The van der Waals surface area contributed by atoms with E-state index >= 15 is 0 Å². The van der Waals surface area contributed by atoms with Crippen LogP contribution in [-0.2, 0) is 16.6 Å². The van der Waals surface area contributed by atoms with Crippen LogP contribution in [0.15, 0.2) is 30.3 Å². The SMILES string of the molecule is CCC(=O)Nc1nn(C)c2c1C(c1ccccc1)CC(=O)N2. The molecule has 2 amide bonds. The molecule has 0 fully saturated rings. The molecule has 22 heavy (non-hydrogen) atoms. The Balaban J connectivity index is 2.10. The molecule has 1 aliphatic rings. The van der Waals surface area contributed by atoms with E-state index in [0.717, 1.165) is 11.1 Å². The highest BCUT2D eigenvalue weighted by Gasteiger charge is 2.33. The number of nitrogens with zero attached hydrogens (tertiary/aromatic N) is 2. The molecule has 0 saturated heterocycles. The Labute approximate surface area is 128 Å². The van der Waals surface area contributed by atoms with Crippen LogP contribution in [0.4, 0.5) is 11.6 Å². The fraction of sp³-hybridized carbons (Fsp3) is 0.312. The summed E-state index contributed by atoms with van der Waals surface area (Å²) >= 11 is 0. The van der Waals surface area contributed by atoms with Gasteiger partial charge in [0.15, 0.2) is 5.82 Å². The molecular weight excluding hydrogens is 280 g/mol. The van der Waals surface area contributed by atoms with Crippen LogP contribution in [-0.4, -0.2) is 21.6 Å². The Kier molecular flexibility index (Phi) is 3.66. The van der Waals surface area contributed by atoms with Gasteiger partial charge in [0.2, 0.25) is 11.8 Å². The van der Waals surface area contributed by atoms with E-state index in [1.165, 1.54) is 0 Å². The van der Waals surface area contributed by atoms with Gasteiger partial charge in [-0.3, -0.25) is 14.3 Å². The van der Waals surface area contributed by atoms with Crippen molar-refractivity contribution in [2.45, 2.75) is 25.7 Å². The van der Waals surface area contributed by atoms with E-state index in [4.69, 9.17) is 0 Å². The summed E-state index contributed by atoms with van der Waals surface area (Å²) in [6.45, 7) is 1.79. The van der Waals surface area contributed by atoms with Crippen molar-refractivity contribution in [2.75, 3.05) is 10.6 Å². The monoisotopic (exact) mass is 298 g/mol. The summed E-state index contributed by atoms with van der Waals surface area (Å²) < 4.78 is 1.60. The van der Waals surface area contributed by atoms with Gasteiger partial charge in [0, 0.05) is 31.4 Å². The van der Waals surface area contributed by atoms with Gasteiger partial charge >= 0.3 is 0 Å². The minimum atomic E-state index is -0.106. The second-order valence-corrected chi connectivity index (χ2v) is 5.35. The number of amides is 2. The van der Waals surface area contributed by atoms with Crippen molar-refractivity contribution in [2.24, 2.45) is 7.05 Å². The van der Waals surface area contributed by atoms with Crippen molar-refractivity contribution in [3.8, 4) is 0 Å². The highest BCUT2D eigenvalue weighted by atomic mass is 16.2. The summed E-state index contributed by atoms with van der Waals surface area (Å²) in [5.41, 5.74) is 1.91. The maximum absolute atomic E-state index is 12.0. The summed E-state index contributed by atoms with van der Waals surface area (Å²) in [4.78, 5) is 23.7. The van der Waals surface area contributed by atoms with E-state index in [2.05, 4.69) is 15.7 Å². The van der Waals surface area contributed by atoms with Crippen LogP contribution in [0.5, 0.6) is 0 Å². The average Bonchev–Trinajstić information content (AvgIpc) is 2.83. The number of nitrogens with one attached hydrogen (secondary N) is 2. The number of aromatic nitrogens is 2. The number of hydrogen-bond donors (Lipinski definition) is 2.